The van der Waals surface area contributed by atoms with Crippen LogP contribution >= 0.6 is 23.1 Å². The molecule has 3 heterocycles. The lowest BCUT2D eigenvalue weighted by Crippen LogP contribution is -2.23. The smallest absolute Gasteiger partial charge is 0.262 e. The Morgan fingerprint density at radius 1 is 1.21 bits per heavy atom. The number of amides is 1. The van der Waals surface area contributed by atoms with Gasteiger partial charge in [0.05, 0.1) is 11.7 Å². The molecule has 28 heavy (non-hydrogen) atoms. The number of fused-ring (bicyclic) bond motifs is 1. The predicted octanol–water partition coefficient (Wildman–Crippen LogP) is 3.37. The van der Waals surface area contributed by atoms with E-state index in [1.54, 1.807) is 24.0 Å². The molecule has 9 heteroatoms. The Hall–Kier alpha value is -2.91. The molecule has 0 fully saturated rings. The van der Waals surface area contributed by atoms with Crippen LogP contribution < -0.4 is 10.9 Å². The predicted molar refractivity (Wildman–Crippen MR) is 111 cm³/mol. The molecular formula is C19H17N5O2S2. The molecule has 1 N–H and O–H groups in total. The highest BCUT2D eigenvalue weighted by molar-refractivity contribution is 7.99. The van der Waals surface area contributed by atoms with Gasteiger partial charge >= 0.3 is 0 Å². The molecule has 0 radical (unpaired) electrons. The summed E-state index contributed by atoms with van der Waals surface area (Å²) in [7, 11) is 1.95. The van der Waals surface area contributed by atoms with Gasteiger partial charge in [0.15, 0.2) is 5.16 Å². The van der Waals surface area contributed by atoms with Gasteiger partial charge in [0.25, 0.3) is 5.56 Å². The Kier molecular flexibility index (Phi) is 5.27. The van der Waals surface area contributed by atoms with E-state index in [2.05, 4.69) is 15.3 Å². The molecule has 0 atom stereocenters. The lowest BCUT2D eigenvalue weighted by molar-refractivity contribution is -0.116. The maximum absolute atomic E-state index is 12.3. The van der Waals surface area contributed by atoms with E-state index in [9.17, 15) is 9.59 Å². The quantitative estimate of drug-likeness (QED) is 0.526. The highest BCUT2D eigenvalue weighted by Gasteiger charge is 2.08. The van der Waals surface area contributed by atoms with E-state index in [4.69, 9.17) is 0 Å². The number of anilines is 1. The fourth-order valence-corrected chi connectivity index (χ4v) is 4.18. The van der Waals surface area contributed by atoms with Gasteiger partial charge in [-0.1, -0.05) is 11.8 Å². The molecule has 142 valence electrons. The number of hydrogen-bond donors (Lipinski definition) is 1. The summed E-state index contributed by atoms with van der Waals surface area (Å²) < 4.78 is 3.42. The zero-order chi connectivity index (χ0) is 19.5. The third-order valence-electron chi connectivity index (χ3n) is 4.15. The monoisotopic (exact) mass is 411 g/mol. The maximum Gasteiger partial charge on any atom is 0.262 e. The highest BCUT2D eigenvalue weighted by Crippen LogP contribution is 2.26. The van der Waals surface area contributed by atoms with Gasteiger partial charge in [-0.05, 0) is 35.7 Å². The van der Waals surface area contributed by atoms with Crippen molar-refractivity contribution in [3.8, 4) is 0 Å². The zero-order valence-electron chi connectivity index (χ0n) is 15.0. The fourth-order valence-electron chi connectivity index (χ4n) is 2.66. The number of benzene rings is 1. The van der Waals surface area contributed by atoms with E-state index in [0.717, 1.165) is 10.1 Å². The molecule has 0 aliphatic carbocycles. The van der Waals surface area contributed by atoms with Gasteiger partial charge in [-0.2, -0.15) is 0 Å². The summed E-state index contributed by atoms with van der Waals surface area (Å²) in [6.07, 6.45) is 5.35. The number of rotatable bonds is 6. The first-order valence-electron chi connectivity index (χ1n) is 8.58. The van der Waals surface area contributed by atoms with Crippen LogP contribution in [0.2, 0.25) is 0 Å². The summed E-state index contributed by atoms with van der Waals surface area (Å²) in [5, 5.41) is 6.19. The third kappa shape index (κ3) is 4.00. The molecule has 0 aliphatic rings. The number of carbonyl (C=O) groups is 1. The third-order valence-corrected chi connectivity index (χ3v) is 6.06. The molecule has 1 amide bonds. The van der Waals surface area contributed by atoms with Gasteiger partial charge < -0.3 is 9.88 Å². The van der Waals surface area contributed by atoms with Gasteiger partial charge in [0.1, 0.15) is 4.83 Å². The Labute approximate surface area is 169 Å². The van der Waals surface area contributed by atoms with Gasteiger partial charge in [0.2, 0.25) is 5.91 Å². The first kappa shape index (κ1) is 18.5. The van der Waals surface area contributed by atoms with Crippen molar-refractivity contribution in [2.75, 3.05) is 5.32 Å². The Bertz CT molecular complexity index is 1180. The lowest BCUT2D eigenvalue weighted by Gasteiger charge is -2.08. The van der Waals surface area contributed by atoms with Gasteiger partial charge in [-0.25, -0.2) is 9.97 Å². The first-order valence-corrected chi connectivity index (χ1v) is 10.3. The Morgan fingerprint density at radius 3 is 2.79 bits per heavy atom. The maximum atomic E-state index is 12.3. The number of aryl methyl sites for hydroxylation is 2. The number of thiophene rings is 1. The van der Waals surface area contributed by atoms with Crippen molar-refractivity contribution < 1.29 is 4.79 Å². The SMILES string of the molecule is Cn1ccnc1Sc1ccc(NC(=O)CCn2cnc3sccc3c2=O)cc1. The summed E-state index contributed by atoms with van der Waals surface area (Å²) in [6.45, 7) is 0.288. The van der Waals surface area contributed by atoms with Crippen LogP contribution in [0.5, 0.6) is 0 Å². The van der Waals surface area contributed by atoms with Gasteiger partial charge in [-0.3, -0.25) is 14.2 Å². The van der Waals surface area contributed by atoms with E-state index in [1.807, 2.05) is 47.5 Å². The Morgan fingerprint density at radius 2 is 2.04 bits per heavy atom. The molecule has 7 nitrogen and oxygen atoms in total. The molecule has 4 rings (SSSR count). The van der Waals surface area contributed by atoms with Crippen molar-refractivity contribution in [3.63, 3.8) is 0 Å². The second-order valence-corrected chi connectivity index (χ2v) is 8.06. The highest BCUT2D eigenvalue weighted by atomic mass is 32.2. The normalized spacial score (nSPS) is 11.0. The molecule has 0 unspecified atom stereocenters. The minimum absolute atomic E-state index is 0.116. The van der Waals surface area contributed by atoms with Crippen molar-refractivity contribution in [2.24, 2.45) is 7.05 Å². The topological polar surface area (TPSA) is 81.8 Å². The summed E-state index contributed by atoms with van der Waals surface area (Å²) >= 11 is 2.98. The van der Waals surface area contributed by atoms with Gasteiger partial charge in [0, 0.05) is 43.0 Å². The van der Waals surface area contributed by atoms with Gasteiger partial charge in [-0.15, -0.1) is 11.3 Å². The van der Waals surface area contributed by atoms with Crippen molar-refractivity contribution >= 4 is 44.9 Å². The van der Waals surface area contributed by atoms with Crippen molar-refractivity contribution in [2.45, 2.75) is 23.0 Å². The van der Waals surface area contributed by atoms with Crippen LogP contribution in [0.4, 0.5) is 5.69 Å². The molecule has 0 aliphatic heterocycles. The van der Waals surface area contributed by atoms with E-state index < -0.39 is 0 Å². The number of nitrogens with zero attached hydrogens (tertiary/aromatic N) is 4. The van der Waals surface area contributed by atoms with Crippen LogP contribution in [0.25, 0.3) is 10.2 Å². The minimum Gasteiger partial charge on any atom is -0.329 e. The summed E-state index contributed by atoms with van der Waals surface area (Å²) in [4.78, 5) is 34.9. The number of nitrogens with one attached hydrogen (secondary N) is 1. The average Bonchev–Trinajstić information content (AvgIpc) is 3.32. The number of hydrogen-bond acceptors (Lipinski definition) is 6. The summed E-state index contributed by atoms with van der Waals surface area (Å²) in [5.74, 6) is -0.151. The lowest BCUT2D eigenvalue weighted by atomic mass is 10.3. The second-order valence-electron chi connectivity index (χ2n) is 6.13. The summed E-state index contributed by atoms with van der Waals surface area (Å²) in [6, 6.07) is 9.35. The number of carbonyl (C=O) groups excluding carboxylic acids is 1. The second kappa shape index (κ2) is 7.99. The largest absolute Gasteiger partial charge is 0.329 e. The van der Waals surface area contributed by atoms with E-state index in [1.165, 1.54) is 22.2 Å². The molecular weight excluding hydrogens is 394 g/mol. The van der Waals surface area contributed by atoms with E-state index in [0.29, 0.717) is 15.9 Å². The van der Waals surface area contributed by atoms with Crippen molar-refractivity contribution in [3.05, 3.63) is 64.8 Å². The van der Waals surface area contributed by atoms with Crippen LogP contribution in [-0.4, -0.2) is 25.0 Å². The molecule has 0 saturated heterocycles. The van der Waals surface area contributed by atoms with Crippen LogP contribution in [0.3, 0.4) is 0 Å². The molecule has 1 aromatic carbocycles. The van der Waals surface area contributed by atoms with Crippen LogP contribution in [-0.2, 0) is 18.4 Å². The molecule has 0 spiro atoms. The standard InChI is InChI=1S/C19H17N5O2S2/c1-23-10-8-20-19(23)28-14-4-2-13(3-5-14)22-16(25)6-9-24-12-21-17-15(18(24)26)7-11-27-17/h2-5,7-8,10-12H,6,9H2,1H3,(H,22,25). The summed E-state index contributed by atoms with van der Waals surface area (Å²) in [5.41, 5.74) is 0.600. The van der Waals surface area contributed by atoms with Crippen molar-refractivity contribution in [1.29, 1.82) is 0 Å². The van der Waals surface area contributed by atoms with E-state index >= 15 is 0 Å². The number of aromatic nitrogens is 4. The zero-order valence-corrected chi connectivity index (χ0v) is 16.7. The molecule has 3 aromatic heterocycles. The molecule has 0 bridgehead atoms. The molecule has 0 saturated carbocycles. The minimum atomic E-state index is -0.151. The van der Waals surface area contributed by atoms with Crippen LogP contribution in [0.1, 0.15) is 6.42 Å². The van der Waals surface area contributed by atoms with Crippen molar-refractivity contribution in [1.82, 2.24) is 19.1 Å². The van der Waals surface area contributed by atoms with Crippen LogP contribution in [0, 0.1) is 0 Å². The van der Waals surface area contributed by atoms with E-state index in [-0.39, 0.29) is 24.4 Å². The Balaban J connectivity index is 1.35. The number of imidazole rings is 1. The fraction of sp³-hybridized carbons (Fsp3) is 0.158. The average molecular weight is 412 g/mol. The van der Waals surface area contributed by atoms with Crippen LogP contribution in [0.15, 0.2) is 69.3 Å². The first-order chi connectivity index (χ1) is 13.6. The molecule has 4 aromatic rings.